The highest BCUT2D eigenvalue weighted by atomic mass is 16.1. The van der Waals surface area contributed by atoms with Gasteiger partial charge in [-0.05, 0) is 30.7 Å². The van der Waals surface area contributed by atoms with E-state index >= 15 is 0 Å². The van der Waals surface area contributed by atoms with E-state index in [2.05, 4.69) is 13.8 Å². The van der Waals surface area contributed by atoms with Crippen molar-refractivity contribution in [2.75, 3.05) is 0 Å². The van der Waals surface area contributed by atoms with Crippen molar-refractivity contribution in [3.05, 3.63) is 33.7 Å². The SMILES string of the molecule is CCC(C)C(N)Cn1c2c(ccc1=O)CCC2. The first-order chi connectivity index (χ1) is 8.13. The summed E-state index contributed by atoms with van der Waals surface area (Å²) in [5.74, 6) is 0.458. The highest BCUT2D eigenvalue weighted by molar-refractivity contribution is 5.25. The van der Waals surface area contributed by atoms with Crippen LogP contribution in [-0.2, 0) is 19.4 Å². The van der Waals surface area contributed by atoms with Gasteiger partial charge in [-0.3, -0.25) is 4.79 Å². The van der Waals surface area contributed by atoms with Gasteiger partial charge in [0, 0.05) is 24.3 Å². The fourth-order valence-corrected chi connectivity index (χ4v) is 2.53. The van der Waals surface area contributed by atoms with Crippen molar-refractivity contribution in [2.45, 2.75) is 52.1 Å². The molecule has 2 atom stereocenters. The van der Waals surface area contributed by atoms with Crippen molar-refractivity contribution in [3.63, 3.8) is 0 Å². The van der Waals surface area contributed by atoms with Crippen molar-refractivity contribution in [1.82, 2.24) is 4.57 Å². The second-order valence-corrected chi connectivity index (χ2v) is 5.16. The first-order valence-electron chi connectivity index (χ1n) is 6.60. The van der Waals surface area contributed by atoms with Crippen LogP contribution in [0.3, 0.4) is 0 Å². The molecule has 1 aliphatic carbocycles. The molecule has 17 heavy (non-hydrogen) atoms. The Morgan fingerprint density at radius 2 is 2.18 bits per heavy atom. The molecule has 2 unspecified atom stereocenters. The topological polar surface area (TPSA) is 48.0 Å². The molecule has 0 radical (unpaired) electrons. The molecule has 1 aromatic heterocycles. The fourth-order valence-electron chi connectivity index (χ4n) is 2.53. The van der Waals surface area contributed by atoms with E-state index in [0.29, 0.717) is 12.5 Å². The summed E-state index contributed by atoms with van der Waals surface area (Å²) < 4.78 is 1.90. The summed E-state index contributed by atoms with van der Waals surface area (Å²) in [6, 6.07) is 3.74. The van der Waals surface area contributed by atoms with E-state index in [-0.39, 0.29) is 11.6 Å². The van der Waals surface area contributed by atoms with Gasteiger partial charge in [-0.1, -0.05) is 26.3 Å². The molecule has 0 aliphatic heterocycles. The van der Waals surface area contributed by atoms with E-state index in [1.54, 1.807) is 6.07 Å². The Labute approximate surface area is 103 Å². The Morgan fingerprint density at radius 1 is 1.41 bits per heavy atom. The van der Waals surface area contributed by atoms with Gasteiger partial charge < -0.3 is 10.3 Å². The van der Waals surface area contributed by atoms with Crippen molar-refractivity contribution in [1.29, 1.82) is 0 Å². The van der Waals surface area contributed by atoms with E-state index in [4.69, 9.17) is 5.73 Å². The lowest BCUT2D eigenvalue weighted by molar-refractivity contribution is 0.388. The van der Waals surface area contributed by atoms with E-state index in [1.807, 2.05) is 10.6 Å². The minimum atomic E-state index is 0.0739. The lowest BCUT2D eigenvalue weighted by atomic mass is 10.00. The zero-order chi connectivity index (χ0) is 12.4. The van der Waals surface area contributed by atoms with Gasteiger partial charge in [0.25, 0.3) is 5.56 Å². The van der Waals surface area contributed by atoms with Crippen LogP contribution in [0.2, 0.25) is 0 Å². The zero-order valence-electron chi connectivity index (χ0n) is 10.8. The third-order valence-electron chi connectivity index (χ3n) is 4.02. The van der Waals surface area contributed by atoms with Crippen LogP contribution in [0.5, 0.6) is 0 Å². The van der Waals surface area contributed by atoms with E-state index in [0.717, 1.165) is 25.7 Å². The minimum Gasteiger partial charge on any atom is -0.326 e. The van der Waals surface area contributed by atoms with Crippen molar-refractivity contribution in [2.24, 2.45) is 11.7 Å². The van der Waals surface area contributed by atoms with Gasteiger partial charge in [-0.25, -0.2) is 0 Å². The van der Waals surface area contributed by atoms with Crippen molar-refractivity contribution >= 4 is 0 Å². The number of nitrogens with two attached hydrogens (primary N) is 1. The summed E-state index contributed by atoms with van der Waals surface area (Å²) in [6.45, 7) is 4.96. The molecule has 0 saturated carbocycles. The van der Waals surface area contributed by atoms with E-state index in [1.165, 1.54) is 11.3 Å². The lowest BCUT2D eigenvalue weighted by Crippen LogP contribution is -2.37. The molecule has 0 fully saturated rings. The maximum atomic E-state index is 11.9. The molecule has 1 heterocycles. The van der Waals surface area contributed by atoms with Gasteiger partial charge in [0.05, 0.1) is 0 Å². The number of rotatable bonds is 4. The van der Waals surface area contributed by atoms with Crippen LogP contribution in [0, 0.1) is 5.92 Å². The molecule has 3 heteroatoms. The number of hydrogen-bond donors (Lipinski definition) is 1. The molecule has 2 N–H and O–H groups in total. The third kappa shape index (κ3) is 2.44. The van der Waals surface area contributed by atoms with Crippen LogP contribution >= 0.6 is 0 Å². The Hall–Kier alpha value is -1.09. The van der Waals surface area contributed by atoms with E-state index in [9.17, 15) is 4.79 Å². The lowest BCUT2D eigenvalue weighted by Gasteiger charge is -2.21. The van der Waals surface area contributed by atoms with Crippen LogP contribution < -0.4 is 11.3 Å². The monoisotopic (exact) mass is 234 g/mol. The molecule has 0 amide bonds. The first-order valence-corrected chi connectivity index (χ1v) is 6.60. The summed E-state index contributed by atoms with van der Waals surface area (Å²) in [5.41, 5.74) is 8.82. The number of aryl methyl sites for hydroxylation is 1. The minimum absolute atomic E-state index is 0.0739. The molecule has 0 saturated heterocycles. The van der Waals surface area contributed by atoms with Crippen LogP contribution in [0.25, 0.3) is 0 Å². The Bertz CT molecular complexity index is 450. The van der Waals surface area contributed by atoms with Gasteiger partial charge in [0.15, 0.2) is 0 Å². The van der Waals surface area contributed by atoms with Crippen LogP contribution in [-0.4, -0.2) is 10.6 Å². The van der Waals surface area contributed by atoms with Crippen LogP contribution in [0.1, 0.15) is 37.9 Å². The molecule has 2 rings (SSSR count). The van der Waals surface area contributed by atoms with Gasteiger partial charge >= 0.3 is 0 Å². The molecular formula is C14H22N2O. The summed E-state index contributed by atoms with van der Waals surface area (Å²) in [6.07, 6.45) is 4.36. The van der Waals surface area contributed by atoms with Gasteiger partial charge in [0.1, 0.15) is 0 Å². The van der Waals surface area contributed by atoms with Gasteiger partial charge in [-0.2, -0.15) is 0 Å². The molecule has 94 valence electrons. The Balaban J connectivity index is 2.27. The zero-order valence-corrected chi connectivity index (χ0v) is 10.8. The first kappa shape index (κ1) is 12.4. The third-order valence-corrected chi connectivity index (χ3v) is 4.02. The summed E-state index contributed by atoms with van der Waals surface area (Å²) in [7, 11) is 0. The smallest absolute Gasteiger partial charge is 0.250 e. The second kappa shape index (κ2) is 5.05. The van der Waals surface area contributed by atoms with Crippen LogP contribution in [0.4, 0.5) is 0 Å². The maximum absolute atomic E-state index is 11.9. The average Bonchev–Trinajstić information content (AvgIpc) is 2.80. The molecule has 3 nitrogen and oxygen atoms in total. The van der Waals surface area contributed by atoms with Gasteiger partial charge in [-0.15, -0.1) is 0 Å². The van der Waals surface area contributed by atoms with E-state index < -0.39 is 0 Å². The second-order valence-electron chi connectivity index (χ2n) is 5.16. The molecule has 1 aromatic rings. The predicted molar refractivity (Wildman–Crippen MR) is 70.2 cm³/mol. The number of fused-ring (bicyclic) bond motifs is 1. The number of hydrogen-bond acceptors (Lipinski definition) is 2. The molecule has 0 spiro atoms. The van der Waals surface area contributed by atoms with Gasteiger partial charge in [0.2, 0.25) is 0 Å². The number of pyridine rings is 1. The Kier molecular flexibility index (Phi) is 3.67. The highest BCUT2D eigenvalue weighted by Gasteiger charge is 2.18. The number of nitrogens with zero attached hydrogens (tertiary/aromatic N) is 1. The average molecular weight is 234 g/mol. The standard InChI is InChI=1S/C14H22N2O/c1-3-10(2)12(15)9-16-13-6-4-5-11(13)7-8-14(16)17/h7-8,10,12H,3-6,9,15H2,1-2H3. The quantitative estimate of drug-likeness (QED) is 0.862. The molecule has 1 aliphatic rings. The Morgan fingerprint density at radius 3 is 2.88 bits per heavy atom. The summed E-state index contributed by atoms with van der Waals surface area (Å²) >= 11 is 0. The normalized spacial score (nSPS) is 17.8. The predicted octanol–water partition coefficient (Wildman–Crippen LogP) is 1.71. The number of aromatic nitrogens is 1. The largest absolute Gasteiger partial charge is 0.326 e. The maximum Gasteiger partial charge on any atom is 0.250 e. The molecule has 0 bridgehead atoms. The molecular weight excluding hydrogens is 212 g/mol. The fraction of sp³-hybridized carbons (Fsp3) is 0.643. The molecule has 0 aromatic carbocycles. The highest BCUT2D eigenvalue weighted by Crippen LogP contribution is 2.20. The summed E-state index contributed by atoms with van der Waals surface area (Å²) in [5, 5.41) is 0. The van der Waals surface area contributed by atoms with Crippen molar-refractivity contribution in [3.8, 4) is 0 Å². The van der Waals surface area contributed by atoms with Crippen LogP contribution in [0.15, 0.2) is 16.9 Å². The van der Waals surface area contributed by atoms with Crippen molar-refractivity contribution < 1.29 is 0 Å². The summed E-state index contributed by atoms with van der Waals surface area (Å²) in [4.78, 5) is 11.9.